The molecule has 1 heterocycles. The molecule has 4 heteroatoms. The highest BCUT2D eigenvalue weighted by atomic mass is 16.5. The fourth-order valence-corrected chi connectivity index (χ4v) is 1.97. The molecule has 96 valence electrons. The van der Waals surface area contributed by atoms with E-state index in [0.29, 0.717) is 12.1 Å². The minimum absolute atomic E-state index is 0.128. The summed E-state index contributed by atoms with van der Waals surface area (Å²) >= 11 is 0. The van der Waals surface area contributed by atoms with E-state index in [-0.39, 0.29) is 18.0 Å². The molecule has 1 N–H and O–H groups in total. The molecule has 0 spiro atoms. The lowest BCUT2D eigenvalue weighted by Gasteiger charge is -2.16. The number of ether oxygens (including phenoxy) is 2. The van der Waals surface area contributed by atoms with Gasteiger partial charge in [0.2, 0.25) is 0 Å². The summed E-state index contributed by atoms with van der Waals surface area (Å²) in [5, 5.41) is 3.18. The molecule has 1 aliphatic heterocycles. The largest absolute Gasteiger partial charge is 0.497 e. The van der Waals surface area contributed by atoms with Gasteiger partial charge < -0.3 is 14.8 Å². The van der Waals surface area contributed by atoms with E-state index < -0.39 is 0 Å². The molecular formula is C14H17NO3. The van der Waals surface area contributed by atoms with Crippen LogP contribution in [-0.4, -0.2) is 32.3 Å². The van der Waals surface area contributed by atoms with Gasteiger partial charge >= 0.3 is 5.97 Å². The van der Waals surface area contributed by atoms with E-state index in [9.17, 15) is 4.79 Å². The van der Waals surface area contributed by atoms with Gasteiger partial charge in [0.05, 0.1) is 12.7 Å². The first-order valence-electron chi connectivity index (χ1n) is 5.93. The van der Waals surface area contributed by atoms with Gasteiger partial charge in [0, 0.05) is 19.0 Å². The standard InChI is InChI=1S/C14H17NO3/c1-3-10-8-15-9-13(10)18-14(16)11-4-6-12(17-2)7-5-11/h3-7,10,13,15H,1,8-9H2,2H3/t10-,13+/m0/s1. The van der Waals surface area contributed by atoms with E-state index in [1.165, 1.54) is 0 Å². The number of methoxy groups -OCH3 is 1. The number of esters is 1. The first-order chi connectivity index (χ1) is 8.74. The zero-order valence-corrected chi connectivity index (χ0v) is 10.4. The van der Waals surface area contributed by atoms with Gasteiger partial charge in [-0.05, 0) is 24.3 Å². The molecule has 1 saturated heterocycles. The maximum absolute atomic E-state index is 11.9. The maximum Gasteiger partial charge on any atom is 0.338 e. The molecular weight excluding hydrogens is 230 g/mol. The molecule has 1 aromatic rings. The Morgan fingerprint density at radius 2 is 2.11 bits per heavy atom. The first kappa shape index (κ1) is 12.6. The van der Waals surface area contributed by atoms with E-state index in [1.807, 2.05) is 6.08 Å². The van der Waals surface area contributed by atoms with Crippen molar-refractivity contribution < 1.29 is 14.3 Å². The van der Waals surface area contributed by atoms with Crippen LogP contribution < -0.4 is 10.1 Å². The summed E-state index contributed by atoms with van der Waals surface area (Å²) in [6, 6.07) is 6.89. The van der Waals surface area contributed by atoms with Crippen LogP contribution in [-0.2, 0) is 4.74 Å². The van der Waals surface area contributed by atoms with Crippen LogP contribution in [0.5, 0.6) is 5.75 Å². The third kappa shape index (κ3) is 2.71. The Hall–Kier alpha value is -1.81. The van der Waals surface area contributed by atoms with E-state index in [0.717, 1.165) is 12.3 Å². The zero-order chi connectivity index (χ0) is 13.0. The van der Waals surface area contributed by atoms with E-state index in [4.69, 9.17) is 9.47 Å². The van der Waals surface area contributed by atoms with Crippen LogP contribution in [0.3, 0.4) is 0 Å². The fraction of sp³-hybridized carbons (Fsp3) is 0.357. The number of carbonyl (C=O) groups excluding carboxylic acids is 1. The Bertz CT molecular complexity index is 427. The molecule has 1 aliphatic rings. The quantitative estimate of drug-likeness (QED) is 0.649. The Morgan fingerprint density at radius 3 is 2.72 bits per heavy atom. The number of nitrogens with one attached hydrogen (secondary N) is 1. The molecule has 0 amide bonds. The Morgan fingerprint density at radius 1 is 1.39 bits per heavy atom. The second-order valence-corrected chi connectivity index (χ2v) is 4.23. The molecule has 2 atom stereocenters. The van der Waals surface area contributed by atoms with Crippen molar-refractivity contribution in [2.45, 2.75) is 6.10 Å². The summed E-state index contributed by atoms with van der Waals surface area (Å²) in [4.78, 5) is 11.9. The Labute approximate surface area is 107 Å². The second kappa shape index (κ2) is 5.69. The lowest BCUT2D eigenvalue weighted by molar-refractivity contribution is 0.0288. The highest BCUT2D eigenvalue weighted by Gasteiger charge is 2.28. The van der Waals surface area contributed by atoms with Crippen LogP contribution in [0.1, 0.15) is 10.4 Å². The highest BCUT2D eigenvalue weighted by molar-refractivity contribution is 5.89. The normalized spacial score (nSPS) is 22.5. The van der Waals surface area contributed by atoms with Crippen molar-refractivity contribution in [1.82, 2.24) is 5.32 Å². The van der Waals surface area contributed by atoms with Crippen LogP contribution in [0.25, 0.3) is 0 Å². The van der Waals surface area contributed by atoms with Crippen molar-refractivity contribution in [3.63, 3.8) is 0 Å². The minimum atomic E-state index is -0.307. The minimum Gasteiger partial charge on any atom is -0.497 e. The van der Waals surface area contributed by atoms with Gasteiger partial charge in [0.25, 0.3) is 0 Å². The molecule has 0 aliphatic carbocycles. The topological polar surface area (TPSA) is 47.6 Å². The predicted molar refractivity (Wildman–Crippen MR) is 68.8 cm³/mol. The van der Waals surface area contributed by atoms with Gasteiger partial charge in [-0.15, -0.1) is 6.58 Å². The van der Waals surface area contributed by atoms with Gasteiger partial charge in [-0.3, -0.25) is 0 Å². The highest BCUT2D eigenvalue weighted by Crippen LogP contribution is 2.17. The van der Waals surface area contributed by atoms with Gasteiger partial charge in [-0.1, -0.05) is 6.08 Å². The summed E-state index contributed by atoms with van der Waals surface area (Å²) in [7, 11) is 1.59. The molecule has 0 bridgehead atoms. The average Bonchev–Trinajstić information content (AvgIpc) is 2.86. The molecule has 0 radical (unpaired) electrons. The number of carbonyl (C=O) groups is 1. The van der Waals surface area contributed by atoms with Crippen LogP contribution in [0.4, 0.5) is 0 Å². The van der Waals surface area contributed by atoms with E-state index in [2.05, 4.69) is 11.9 Å². The van der Waals surface area contributed by atoms with Gasteiger partial charge in [0.15, 0.2) is 0 Å². The van der Waals surface area contributed by atoms with Crippen molar-refractivity contribution in [2.24, 2.45) is 5.92 Å². The third-order valence-electron chi connectivity index (χ3n) is 3.09. The average molecular weight is 247 g/mol. The molecule has 2 rings (SSSR count). The lowest BCUT2D eigenvalue weighted by Crippen LogP contribution is -2.25. The van der Waals surface area contributed by atoms with Crippen molar-refractivity contribution >= 4 is 5.97 Å². The van der Waals surface area contributed by atoms with E-state index >= 15 is 0 Å². The summed E-state index contributed by atoms with van der Waals surface area (Å²) < 4.78 is 10.5. The molecule has 0 unspecified atom stereocenters. The van der Waals surface area contributed by atoms with Crippen LogP contribution in [0, 0.1) is 5.92 Å². The Balaban J connectivity index is 2.00. The molecule has 0 aromatic heterocycles. The van der Waals surface area contributed by atoms with Crippen molar-refractivity contribution in [3.05, 3.63) is 42.5 Å². The smallest absolute Gasteiger partial charge is 0.338 e. The van der Waals surface area contributed by atoms with Crippen molar-refractivity contribution in [1.29, 1.82) is 0 Å². The molecule has 1 fully saturated rings. The first-order valence-corrected chi connectivity index (χ1v) is 5.93. The summed E-state index contributed by atoms with van der Waals surface area (Å²) in [5.41, 5.74) is 0.533. The number of rotatable bonds is 4. The maximum atomic E-state index is 11.9. The summed E-state index contributed by atoms with van der Waals surface area (Å²) in [5.74, 6) is 0.600. The third-order valence-corrected chi connectivity index (χ3v) is 3.09. The van der Waals surface area contributed by atoms with Gasteiger partial charge in [0.1, 0.15) is 11.9 Å². The van der Waals surface area contributed by atoms with Crippen LogP contribution >= 0.6 is 0 Å². The van der Waals surface area contributed by atoms with Crippen molar-refractivity contribution in [3.8, 4) is 5.75 Å². The van der Waals surface area contributed by atoms with Gasteiger partial charge in [-0.2, -0.15) is 0 Å². The van der Waals surface area contributed by atoms with Crippen molar-refractivity contribution in [2.75, 3.05) is 20.2 Å². The van der Waals surface area contributed by atoms with Gasteiger partial charge in [-0.25, -0.2) is 4.79 Å². The summed E-state index contributed by atoms with van der Waals surface area (Å²) in [6.07, 6.45) is 1.70. The predicted octanol–water partition coefficient (Wildman–Crippen LogP) is 1.63. The van der Waals surface area contributed by atoms with Crippen LogP contribution in [0.15, 0.2) is 36.9 Å². The fourth-order valence-electron chi connectivity index (χ4n) is 1.97. The molecule has 0 saturated carbocycles. The Kier molecular flexibility index (Phi) is 3.99. The SMILES string of the molecule is C=C[C@H]1CNC[C@H]1OC(=O)c1ccc(OC)cc1. The zero-order valence-electron chi connectivity index (χ0n) is 10.4. The molecule has 1 aromatic carbocycles. The summed E-state index contributed by atoms with van der Waals surface area (Å²) in [6.45, 7) is 5.24. The van der Waals surface area contributed by atoms with Crippen LogP contribution in [0.2, 0.25) is 0 Å². The number of hydrogen-bond acceptors (Lipinski definition) is 4. The number of benzene rings is 1. The van der Waals surface area contributed by atoms with E-state index in [1.54, 1.807) is 31.4 Å². The lowest BCUT2D eigenvalue weighted by atomic mass is 10.1. The second-order valence-electron chi connectivity index (χ2n) is 4.23. The monoisotopic (exact) mass is 247 g/mol. The molecule has 4 nitrogen and oxygen atoms in total. The molecule has 18 heavy (non-hydrogen) atoms. The number of hydrogen-bond donors (Lipinski definition) is 1.